The van der Waals surface area contributed by atoms with Gasteiger partial charge in [0.25, 0.3) is 0 Å². The van der Waals surface area contributed by atoms with E-state index in [0.29, 0.717) is 10.6 Å². The predicted octanol–water partition coefficient (Wildman–Crippen LogP) is 2.76. The normalized spacial score (nSPS) is 15.6. The molecule has 1 aromatic heterocycles. The zero-order valence-corrected chi connectivity index (χ0v) is 13.4. The molecule has 1 saturated heterocycles. The van der Waals surface area contributed by atoms with E-state index in [4.69, 9.17) is 16.7 Å². The average molecular weight is 332 g/mol. The molecule has 0 amide bonds. The number of carboxylic acid groups (broad SMARTS) is 1. The third-order valence-electron chi connectivity index (χ3n) is 3.99. The molecule has 0 spiro atoms. The predicted molar refractivity (Wildman–Crippen MR) is 90.1 cm³/mol. The molecule has 0 bridgehead atoms. The van der Waals surface area contributed by atoms with Gasteiger partial charge in [0.1, 0.15) is 5.82 Å². The van der Waals surface area contributed by atoms with Crippen molar-refractivity contribution in [3.63, 3.8) is 0 Å². The highest BCUT2D eigenvalue weighted by atomic mass is 35.5. The van der Waals surface area contributed by atoms with Crippen molar-refractivity contribution in [1.82, 2.24) is 9.88 Å². The van der Waals surface area contributed by atoms with Crippen molar-refractivity contribution in [3.05, 3.63) is 58.7 Å². The number of nitrogens with zero attached hydrogens (tertiary/aromatic N) is 3. The first-order valence-corrected chi connectivity index (χ1v) is 7.91. The second kappa shape index (κ2) is 6.98. The Hall–Kier alpha value is -2.11. The number of benzene rings is 1. The minimum Gasteiger partial charge on any atom is -0.478 e. The SMILES string of the molecule is O=C(O)c1cccc(CN2CCN(c3ccc(Cl)cn3)CC2)c1. The van der Waals surface area contributed by atoms with Crippen LogP contribution in [0.15, 0.2) is 42.6 Å². The van der Waals surface area contributed by atoms with E-state index in [1.54, 1.807) is 24.4 Å². The number of pyridine rings is 1. The largest absolute Gasteiger partial charge is 0.478 e. The second-order valence-corrected chi connectivity index (χ2v) is 6.04. The van der Waals surface area contributed by atoms with Gasteiger partial charge in [-0.05, 0) is 29.8 Å². The minimum absolute atomic E-state index is 0.339. The lowest BCUT2D eigenvalue weighted by atomic mass is 10.1. The lowest BCUT2D eigenvalue weighted by Crippen LogP contribution is -2.46. The lowest BCUT2D eigenvalue weighted by Gasteiger charge is -2.35. The van der Waals surface area contributed by atoms with Crippen molar-refractivity contribution in [3.8, 4) is 0 Å². The number of aromatic nitrogens is 1. The third kappa shape index (κ3) is 4.00. The highest BCUT2D eigenvalue weighted by Crippen LogP contribution is 2.17. The van der Waals surface area contributed by atoms with Gasteiger partial charge in [0.2, 0.25) is 0 Å². The van der Waals surface area contributed by atoms with Crippen LogP contribution in [0.25, 0.3) is 0 Å². The number of halogens is 1. The molecule has 1 aliphatic heterocycles. The molecule has 3 rings (SSSR count). The van der Waals surface area contributed by atoms with Crippen molar-refractivity contribution in [2.45, 2.75) is 6.54 Å². The van der Waals surface area contributed by atoms with Crippen molar-refractivity contribution < 1.29 is 9.90 Å². The van der Waals surface area contributed by atoms with Gasteiger partial charge in [-0.15, -0.1) is 0 Å². The van der Waals surface area contributed by atoms with Crippen LogP contribution in [0.5, 0.6) is 0 Å². The highest BCUT2D eigenvalue weighted by molar-refractivity contribution is 6.30. The number of aromatic carboxylic acids is 1. The summed E-state index contributed by atoms with van der Waals surface area (Å²) in [7, 11) is 0. The summed E-state index contributed by atoms with van der Waals surface area (Å²) in [4.78, 5) is 19.9. The standard InChI is InChI=1S/C17H18ClN3O2/c18-15-4-5-16(19-11-15)21-8-6-20(7-9-21)12-13-2-1-3-14(10-13)17(22)23/h1-5,10-11H,6-9,12H2,(H,22,23). The van der Waals surface area contributed by atoms with E-state index in [0.717, 1.165) is 44.1 Å². The minimum atomic E-state index is -0.884. The Morgan fingerprint density at radius 2 is 1.96 bits per heavy atom. The van der Waals surface area contributed by atoms with E-state index in [9.17, 15) is 4.79 Å². The summed E-state index contributed by atoms with van der Waals surface area (Å²) in [5.41, 5.74) is 1.37. The lowest BCUT2D eigenvalue weighted by molar-refractivity contribution is 0.0696. The van der Waals surface area contributed by atoms with Crippen molar-refractivity contribution in [1.29, 1.82) is 0 Å². The number of hydrogen-bond acceptors (Lipinski definition) is 4. The van der Waals surface area contributed by atoms with Gasteiger partial charge >= 0.3 is 5.97 Å². The van der Waals surface area contributed by atoms with Crippen LogP contribution in [0.3, 0.4) is 0 Å². The van der Waals surface area contributed by atoms with Crippen LogP contribution in [-0.2, 0) is 6.54 Å². The Balaban J connectivity index is 1.58. The van der Waals surface area contributed by atoms with Crippen LogP contribution in [0, 0.1) is 0 Å². The fourth-order valence-electron chi connectivity index (χ4n) is 2.75. The van der Waals surface area contributed by atoms with Crippen LogP contribution in [0.4, 0.5) is 5.82 Å². The maximum Gasteiger partial charge on any atom is 0.335 e. The Labute approximate surface area is 140 Å². The van der Waals surface area contributed by atoms with Crippen LogP contribution in [0.2, 0.25) is 5.02 Å². The molecule has 0 unspecified atom stereocenters. The van der Waals surface area contributed by atoms with E-state index < -0.39 is 5.97 Å². The molecular formula is C17H18ClN3O2. The Morgan fingerprint density at radius 3 is 2.61 bits per heavy atom. The first-order chi connectivity index (χ1) is 11.1. The molecule has 1 N–H and O–H groups in total. The summed E-state index contributed by atoms with van der Waals surface area (Å²) < 4.78 is 0. The Kier molecular flexibility index (Phi) is 4.79. The molecule has 5 nitrogen and oxygen atoms in total. The molecule has 1 aliphatic rings. The molecular weight excluding hydrogens is 314 g/mol. The highest BCUT2D eigenvalue weighted by Gasteiger charge is 2.18. The summed E-state index contributed by atoms with van der Waals surface area (Å²) >= 11 is 5.87. The molecule has 0 saturated carbocycles. The van der Waals surface area contributed by atoms with E-state index >= 15 is 0 Å². The maximum atomic E-state index is 11.0. The van der Waals surface area contributed by atoms with Gasteiger partial charge in [-0.3, -0.25) is 4.90 Å². The number of rotatable bonds is 4. The summed E-state index contributed by atoms with van der Waals surface area (Å²) in [6.45, 7) is 4.40. The zero-order chi connectivity index (χ0) is 16.2. The number of hydrogen-bond donors (Lipinski definition) is 1. The number of anilines is 1. The zero-order valence-electron chi connectivity index (χ0n) is 12.7. The molecule has 0 radical (unpaired) electrons. The van der Waals surface area contributed by atoms with Gasteiger partial charge in [0.15, 0.2) is 0 Å². The topological polar surface area (TPSA) is 56.7 Å². The van der Waals surface area contributed by atoms with Crippen LogP contribution < -0.4 is 4.90 Å². The van der Waals surface area contributed by atoms with Crippen molar-refractivity contribution in [2.24, 2.45) is 0 Å². The monoisotopic (exact) mass is 331 g/mol. The van der Waals surface area contributed by atoms with Crippen molar-refractivity contribution in [2.75, 3.05) is 31.1 Å². The molecule has 6 heteroatoms. The summed E-state index contributed by atoms with van der Waals surface area (Å²) in [6, 6.07) is 10.9. The molecule has 23 heavy (non-hydrogen) atoms. The van der Waals surface area contributed by atoms with Gasteiger partial charge in [0, 0.05) is 38.9 Å². The third-order valence-corrected chi connectivity index (χ3v) is 4.21. The van der Waals surface area contributed by atoms with Gasteiger partial charge in [-0.2, -0.15) is 0 Å². The Morgan fingerprint density at radius 1 is 1.17 bits per heavy atom. The van der Waals surface area contributed by atoms with Crippen LogP contribution >= 0.6 is 11.6 Å². The number of piperazine rings is 1. The summed E-state index contributed by atoms with van der Waals surface area (Å²) in [6.07, 6.45) is 1.67. The first-order valence-electron chi connectivity index (χ1n) is 7.53. The molecule has 2 heterocycles. The van der Waals surface area contributed by atoms with Crippen molar-refractivity contribution >= 4 is 23.4 Å². The molecule has 2 aromatic rings. The van der Waals surface area contributed by atoms with E-state index in [-0.39, 0.29) is 0 Å². The Bertz CT molecular complexity index is 682. The van der Waals surface area contributed by atoms with E-state index in [1.807, 2.05) is 18.2 Å². The molecule has 1 fully saturated rings. The van der Waals surface area contributed by atoms with E-state index in [2.05, 4.69) is 14.8 Å². The number of carboxylic acids is 1. The summed E-state index contributed by atoms with van der Waals surface area (Å²) in [5.74, 6) is 0.0624. The number of carbonyl (C=O) groups is 1. The fraction of sp³-hybridized carbons (Fsp3) is 0.294. The average Bonchev–Trinajstić information content (AvgIpc) is 2.57. The molecule has 1 aromatic carbocycles. The fourth-order valence-corrected chi connectivity index (χ4v) is 2.86. The summed E-state index contributed by atoms with van der Waals surface area (Å²) in [5, 5.41) is 9.70. The van der Waals surface area contributed by atoms with E-state index in [1.165, 1.54) is 0 Å². The van der Waals surface area contributed by atoms with Gasteiger partial charge in [-0.1, -0.05) is 23.7 Å². The molecule has 0 aliphatic carbocycles. The van der Waals surface area contributed by atoms with Gasteiger partial charge in [-0.25, -0.2) is 9.78 Å². The molecule has 0 atom stereocenters. The quantitative estimate of drug-likeness (QED) is 0.933. The smallest absolute Gasteiger partial charge is 0.335 e. The van der Waals surface area contributed by atoms with Crippen LogP contribution in [-0.4, -0.2) is 47.1 Å². The van der Waals surface area contributed by atoms with Crippen LogP contribution in [0.1, 0.15) is 15.9 Å². The molecule has 120 valence electrons. The first kappa shape index (κ1) is 15.8. The maximum absolute atomic E-state index is 11.0. The second-order valence-electron chi connectivity index (χ2n) is 5.60. The van der Waals surface area contributed by atoms with Gasteiger partial charge in [0.05, 0.1) is 10.6 Å². The van der Waals surface area contributed by atoms with Gasteiger partial charge < -0.3 is 10.0 Å².